The number of carbonyl (C=O) groups excluding carboxylic acids is 1. The van der Waals surface area contributed by atoms with E-state index in [1.54, 1.807) is 28.0 Å². The van der Waals surface area contributed by atoms with Crippen LogP contribution < -0.4 is 0 Å². The number of halogens is 1. The first kappa shape index (κ1) is 21.5. The Morgan fingerprint density at radius 1 is 1.24 bits per heavy atom. The summed E-state index contributed by atoms with van der Waals surface area (Å²) in [6.45, 7) is 3.97. The van der Waals surface area contributed by atoms with Gasteiger partial charge in [-0.05, 0) is 37.5 Å². The van der Waals surface area contributed by atoms with Crippen molar-refractivity contribution in [3.8, 4) is 11.3 Å². The zero-order valence-corrected chi connectivity index (χ0v) is 19.0. The molecular formula is C24H24ClN5O3. The van der Waals surface area contributed by atoms with Crippen LogP contribution in [0.25, 0.3) is 11.3 Å². The molecule has 0 spiro atoms. The zero-order valence-electron chi connectivity index (χ0n) is 18.3. The fourth-order valence-corrected chi connectivity index (χ4v) is 4.22. The third kappa shape index (κ3) is 4.71. The van der Waals surface area contributed by atoms with Crippen molar-refractivity contribution < 1.29 is 13.7 Å². The second kappa shape index (κ2) is 9.23. The maximum atomic E-state index is 13.1. The summed E-state index contributed by atoms with van der Waals surface area (Å²) in [5.41, 5.74) is 2.53. The van der Waals surface area contributed by atoms with Crippen molar-refractivity contribution >= 4 is 17.5 Å². The summed E-state index contributed by atoms with van der Waals surface area (Å²) < 4.78 is 13.2. The molecule has 0 aliphatic carbocycles. The minimum atomic E-state index is -0.172. The molecule has 0 radical (unpaired) electrons. The Bertz CT molecular complexity index is 1240. The summed E-state index contributed by atoms with van der Waals surface area (Å²) in [6.07, 6.45) is 7.81. The van der Waals surface area contributed by atoms with Crippen molar-refractivity contribution in [1.82, 2.24) is 24.8 Å². The van der Waals surface area contributed by atoms with Crippen molar-refractivity contribution in [1.29, 1.82) is 0 Å². The average molecular weight is 466 g/mol. The summed E-state index contributed by atoms with van der Waals surface area (Å²) in [5.74, 6) is 1.57. The Morgan fingerprint density at radius 3 is 2.88 bits per heavy atom. The first-order valence-electron chi connectivity index (χ1n) is 11.1. The number of aryl methyl sites for hydroxylation is 1. The highest BCUT2D eigenvalue weighted by atomic mass is 35.5. The minimum absolute atomic E-state index is 0.0480. The van der Waals surface area contributed by atoms with Gasteiger partial charge in [0.15, 0.2) is 5.89 Å². The van der Waals surface area contributed by atoms with Gasteiger partial charge in [0, 0.05) is 48.9 Å². The molecule has 0 bridgehead atoms. The maximum Gasteiger partial charge on any atom is 0.292 e. The molecule has 33 heavy (non-hydrogen) atoms. The molecule has 0 saturated carbocycles. The van der Waals surface area contributed by atoms with E-state index in [0.717, 1.165) is 36.3 Å². The number of benzene rings is 1. The number of oxazole rings is 1. The first-order valence-corrected chi connectivity index (χ1v) is 11.4. The second-order valence-corrected chi connectivity index (χ2v) is 8.66. The van der Waals surface area contributed by atoms with Gasteiger partial charge in [0.2, 0.25) is 5.76 Å². The van der Waals surface area contributed by atoms with E-state index in [1.165, 1.54) is 0 Å². The highest BCUT2D eigenvalue weighted by molar-refractivity contribution is 6.30. The molecule has 8 nitrogen and oxygen atoms in total. The smallest absolute Gasteiger partial charge is 0.292 e. The van der Waals surface area contributed by atoms with E-state index in [2.05, 4.69) is 15.2 Å². The predicted molar refractivity (Wildman–Crippen MR) is 122 cm³/mol. The normalized spacial score (nSPS) is 16.3. The van der Waals surface area contributed by atoms with Crippen molar-refractivity contribution in [2.45, 2.75) is 38.6 Å². The molecular weight excluding hydrogens is 442 g/mol. The Kier molecular flexibility index (Phi) is 6.00. The molecule has 4 aromatic rings. The number of aromatic nitrogens is 4. The average Bonchev–Trinajstić information content (AvgIpc) is 3.60. The van der Waals surface area contributed by atoms with E-state index in [1.807, 2.05) is 37.4 Å². The van der Waals surface area contributed by atoms with Crippen LogP contribution in [0.4, 0.5) is 0 Å². The van der Waals surface area contributed by atoms with E-state index in [9.17, 15) is 4.79 Å². The highest BCUT2D eigenvalue weighted by Crippen LogP contribution is 2.29. The summed E-state index contributed by atoms with van der Waals surface area (Å²) in [5, 5.41) is 9.02. The molecule has 4 heterocycles. The fraction of sp³-hybridized carbons (Fsp3) is 0.333. The van der Waals surface area contributed by atoms with Crippen molar-refractivity contribution in [3.05, 3.63) is 76.9 Å². The minimum Gasteiger partial charge on any atom is -0.445 e. The van der Waals surface area contributed by atoms with Gasteiger partial charge in [-0.15, -0.1) is 0 Å². The predicted octanol–water partition coefficient (Wildman–Crippen LogP) is 4.81. The number of rotatable bonds is 6. The first-order chi connectivity index (χ1) is 16.1. The van der Waals surface area contributed by atoms with Crippen LogP contribution in [0.3, 0.4) is 0 Å². The Hall–Kier alpha value is -3.39. The van der Waals surface area contributed by atoms with Gasteiger partial charge in [0.25, 0.3) is 5.91 Å². The third-order valence-corrected chi connectivity index (χ3v) is 6.15. The van der Waals surface area contributed by atoms with Crippen molar-refractivity contribution in [3.63, 3.8) is 0 Å². The van der Waals surface area contributed by atoms with Crippen LogP contribution in [0, 0.1) is 0 Å². The number of hydrogen-bond acceptors (Lipinski definition) is 6. The largest absolute Gasteiger partial charge is 0.445 e. The summed E-state index contributed by atoms with van der Waals surface area (Å²) in [7, 11) is 0. The SMILES string of the molecule is CCn1cc(-c2cc(C(=O)N3CCC[C@@H](c4ncc(Cc5ccc(Cl)cc5)o4)C3)on2)cn1. The van der Waals surface area contributed by atoms with E-state index in [-0.39, 0.29) is 17.6 Å². The van der Waals surface area contributed by atoms with Gasteiger partial charge in [0.1, 0.15) is 11.5 Å². The van der Waals surface area contributed by atoms with Gasteiger partial charge in [-0.1, -0.05) is 28.9 Å². The lowest BCUT2D eigenvalue weighted by Crippen LogP contribution is -2.39. The van der Waals surface area contributed by atoms with E-state index >= 15 is 0 Å². The Labute approximate surface area is 196 Å². The number of piperidine rings is 1. The molecule has 1 saturated heterocycles. The Morgan fingerprint density at radius 2 is 2.09 bits per heavy atom. The van der Waals surface area contributed by atoms with Gasteiger partial charge in [0.05, 0.1) is 18.3 Å². The Balaban J connectivity index is 1.25. The lowest BCUT2D eigenvalue weighted by molar-refractivity contribution is 0.0656. The van der Waals surface area contributed by atoms with Gasteiger partial charge in [-0.3, -0.25) is 9.48 Å². The molecule has 1 aromatic carbocycles. The van der Waals surface area contributed by atoms with Crippen LogP contribution >= 0.6 is 11.6 Å². The molecule has 1 aliphatic heterocycles. The van der Waals surface area contributed by atoms with Crippen LogP contribution in [0.1, 0.15) is 53.5 Å². The number of carbonyl (C=O) groups is 1. The van der Waals surface area contributed by atoms with Crippen LogP contribution in [0.15, 0.2) is 57.9 Å². The zero-order chi connectivity index (χ0) is 22.8. The van der Waals surface area contributed by atoms with Crippen molar-refractivity contribution in [2.24, 2.45) is 0 Å². The number of amides is 1. The summed E-state index contributed by atoms with van der Waals surface area (Å²) >= 11 is 5.96. The molecule has 1 amide bonds. The van der Waals surface area contributed by atoms with Crippen LogP contribution in [-0.4, -0.2) is 43.8 Å². The lowest BCUT2D eigenvalue weighted by atomic mass is 9.98. The maximum absolute atomic E-state index is 13.1. The molecule has 0 unspecified atom stereocenters. The second-order valence-electron chi connectivity index (χ2n) is 8.22. The van der Waals surface area contributed by atoms with E-state index in [0.29, 0.717) is 36.1 Å². The standard InChI is InChI=1S/C24H24ClN5O3/c1-2-30-15-18(12-27-30)21-11-22(33-28-21)24(31)29-9-3-4-17(14-29)23-26-13-20(32-23)10-16-5-7-19(25)8-6-16/h5-8,11-13,15,17H,2-4,9-10,14H2,1H3/t17-/m1/s1. The van der Waals surface area contributed by atoms with Crippen LogP contribution in [-0.2, 0) is 13.0 Å². The van der Waals surface area contributed by atoms with Crippen LogP contribution in [0.2, 0.25) is 5.02 Å². The highest BCUT2D eigenvalue weighted by Gasteiger charge is 2.30. The molecule has 1 fully saturated rings. The number of nitrogens with zero attached hydrogens (tertiary/aromatic N) is 5. The van der Waals surface area contributed by atoms with Crippen molar-refractivity contribution in [2.75, 3.05) is 13.1 Å². The van der Waals surface area contributed by atoms with Gasteiger partial charge in [-0.2, -0.15) is 5.10 Å². The topological polar surface area (TPSA) is 90.2 Å². The third-order valence-electron chi connectivity index (χ3n) is 5.89. The molecule has 1 atom stereocenters. The lowest BCUT2D eigenvalue weighted by Gasteiger charge is -2.30. The summed E-state index contributed by atoms with van der Waals surface area (Å²) in [4.78, 5) is 19.4. The van der Waals surface area contributed by atoms with Gasteiger partial charge < -0.3 is 13.8 Å². The van der Waals surface area contributed by atoms with Gasteiger partial charge >= 0.3 is 0 Å². The fourth-order valence-electron chi connectivity index (χ4n) is 4.10. The monoisotopic (exact) mass is 465 g/mol. The molecule has 1 aliphatic rings. The number of hydrogen-bond donors (Lipinski definition) is 0. The van der Waals surface area contributed by atoms with E-state index in [4.69, 9.17) is 20.5 Å². The van der Waals surface area contributed by atoms with E-state index < -0.39 is 0 Å². The quantitative estimate of drug-likeness (QED) is 0.406. The molecule has 0 N–H and O–H groups in total. The molecule has 170 valence electrons. The molecule has 9 heteroatoms. The molecule has 3 aromatic heterocycles. The summed E-state index contributed by atoms with van der Waals surface area (Å²) in [6, 6.07) is 9.36. The molecule has 5 rings (SSSR count). The number of likely N-dealkylation sites (tertiary alicyclic amines) is 1. The van der Waals surface area contributed by atoms with Crippen LogP contribution in [0.5, 0.6) is 0 Å². The van der Waals surface area contributed by atoms with Gasteiger partial charge in [-0.25, -0.2) is 4.98 Å².